The molecule has 0 aliphatic carbocycles. The molecule has 0 unspecified atom stereocenters. The van der Waals surface area contributed by atoms with Crippen molar-refractivity contribution < 1.29 is 17.9 Å². The molecule has 3 aromatic rings. The van der Waals surface area contributed by atoms with Crippen LogP contribution < -0.4 is 4.74 Å². The van der Waals surface area contributed by atoms with Gasteiger partial charge in [-0.15, -0.1) is 0 Å². The van der Waals surface area contributed by atoms with Gasteiger partial charge < -0.3 is 14.7 Å². The van der Waals surface area contributed by atoms with E-state index in [4.69, 9.17) is 4.74 Å². The number of aromatic nitrogens is 2. The maximum atomic E-state index is 13.8. The molecule has 0 saturated carbocycles. The summed E-state index contributed by atoms with van der Waals surface area (Å²) in [6.07, 6.45) is 10.4. The quantitative estimate of drug-likeness (QED) is 0.413. The highest BCUT2D eigenvalue weighted by atomic mass is 19.2. The molecular weight excluding hydrogens is 407 g/mol. The standard InChI is InChI=1S/C23H20BF2N3O.C2H6/c1-2-30-21-12-6-17(7-13-21)5-9-19-10-11-20(29(19)24(25)26)16-18-8-14-23(28-18)22-4-3-15-27-22;1-2/h3-16H,2H2,1H3,(H,27,28);1-2H3/p+1/b9-5+;. The maximum absolute atomic E-state index is 13.8. The summed E-state index contributed by atoms with van der Waals surface area (Å²) in [7, 11) is -2.65. The molecule has 0 bridgehead atoms. The van der Waals surface area contributed by atoms with Gasteiger partial charge in [-0.25, -0.2) is 13.1 Å². The van der Waals surface area contributed by atoms with E-state index in [1.807, 2.05) is 81.6 Å². The Balaban J connectivity index is 0.00000141. The predicted molar refractivity (Wildman–Crippen MR) is 129 cm³/mol. The number of ether oxygens (including phenoxy) is 1. The smallest absolute Gasteiger partial charge is 0.494 e. The number of benzene rings is 1. The highest BCUT2D eigenvalue weighted by molar-refractivity contribution is 6.35. The fourth-order valence-electron chi connectivity index (χ4n) is 3.29. The summed E-state index contributed by atoms with van der Waals surface area (Å²) in [4.78, 5) is 6.36. The van der Waals surface area contributed by atoms with Gasteiger partial charge in [-0.05, 0) is 55.0 Å². The molecule has 0 spiro atoms. The number of nitrogens with one attached hydrogen (secondary N) is 2. The zero-order chi connectivity index (χ0) is 22.9. The van der Waals surface area contributed by atoms with E-state index in [2.05, 4.69) is 9.97 Å². The van der Waals surface area contributed by atoms with Crippen molar-refractivity contribution in [3.05, 3.63) is 89.9 Å². The lowest BCUT2D eigenvalue weighted by molar-refractivity contribution is -0.339. The number of rotatable bonds is 7. The van der Waals surface area contributed by atoms with E-state index >= 15 is 0 Å². The van der Waals surface area contributed by atoms with Crippen molar-refractivity contribution in [3.8, 4) is 17.1 Å². The molecule has 1 aliphatic rings. The van der Waals surface area contributed by atoms with Crippen LogP contribution >= 0.6 is 0 Å². The Morgan fingerprint density at radius 3 is 2.41 bits per heavy atom. The molecule has 1 aromatic carbocycles. The summed E-state index contributed by atoms with van der Waals surface area (Å²) in [6, 6.07) is 15.2. The Bertz CT molecular complexity index is 1120. The Morgan fingerprint density at radius 2 is 1.75 bits per heavy atom. The van der Waals surface area contributed by atoms with Crippen molar-refractivity contribution in [2.75, 3.05) is 6.61 Å². The van der Waals surface area contributed by atoms with Gasteiger partial charge in [-0.3, -0.25) is 0 Å². The number of H-pyrrole nitrogens is 2. The summed E-state index contributed by atoms with van der Waals surface area (Å²) in [5.74, 6) is 0.784. The van der Waals surface area contributed by atoms with E-state index in [1.54, 1.807) is 24.3 Å². The Hall–Kier alpha value is -3.61. The molecular formula is C25H27BF2N3O+. The van der Waals surface area contributed by atoms with Crippen LogP contribution in [-0.2, 0) is 0 Å². The van der Waals surface area contributed by atoms with Crippen molar-refractivity contribution in [2.24, 2.45) is 0 Å². The predicted octanol–water partition coefficient (Wildman–Crippen LogP) is 6.44. The first-order valence-corrected chi connectivity index (χ1v) is 10.7. The molecule has 2 aromatic heterocycles. The molecule has 0 amide bonds. The number of aromatic amines is 2. The number of hydrogen-bond acceptors (Lipinski definition) is 1. The van der Waals surface area contributed by atoms with Crippen LogP contribution in [0.3, 0.4) is 0 Å². The molecule has 0 atom stereocenters. The van der Waals surface area contributed by atoms with Gasteiger partial charge in [0.15, 0.2) is 11.4 Å². The van der Waals surface area contributed by atoms with Crippen molar-refractivity contribution >= 4 is 25.3 Å². The van der Waals surface area contributed by atoms with Crippen molar-refractivity contribution in [1.29, 1.82) is 0 Å². The van der Waals surface area contributed by atoms with E-state index in [-0.39, 0.29) is 0 Å². The number of hydrogen-bond donors (Lipinski definition) is 2. The van der Waals surface area contributed by atoms with E-state index in [1.165, 1.54) is 0 Å². The van der Waals surface area contributed by atoms with Gasteiger partial charge >= 0.3 is 7.40 Å². The van der Waals surface area contributed by atoms with E-state index in [9.17, 15) is 8.63 Å². The monoisotopic (exact) mass is 434 g/mol. The van der Waals surface area contributed by atoms with Gasteiger partial charge in [0, 0.05) is 36.2 Å². The van der Waals surface area contributed by atoms with Crippen LogP contribution in [0.15, 0.2) is 78.7 Å². The third kappa shape index (κ3) is 5.55. The van der Waals surface area contributed by atoms with E-state index in [0.29, 0.717) is 18.0 Å². The normalized spacial score (nSPS) is 14.2. The fraction of sp³-hybridized carbons (Fsp3) is 0.160. The first kappa shape index (κ1) is 23.1. The fourth-order valence-corrected chi connectivity index (χ4v) is 3.29. The molecule has 4 nitrogen and oxygen atoms in total. The maximum Gasteiger partial charge on any atom is 0.935 e. The van der Waals surface area contributed by atoms with Crippen LogP contribution in [0.1, 0.15) is 32.0 Å². The number of halogens is 2. The summed E-state index contributed by atoms with van der Waals surface area (Å²) >= 11 is 0. The Morgan fingerprint density at radius 1 is 0.969 bits per heavy atom. The zero-order valence-electron chi connectivity index (χ0n) is 18.5. The minimum Gasteiger partial charge on any atom is -0.494 e. The summed E-state index contributed by atoms with van der Waals surface area (Å²) in [5, 5.41) is 0. The first-order valence-electron chi connectivity index (χ1n) is 10.7. The second-order valence-corrected chi connectivity index (χ2v) is 6.72. The number of allylic oxidation sites excluding steroid dienone is 3. The van der Waals surface area contributed by atoms with Crippen LogP contribution in [0.5, 0.6) is 5.75 Å². The highest BCUT2D eigenvalue weighted by Crippen LogP contribution is 2.21. The van der Waals surface area contributed by atoms with Gasteiger partial charge in [0.05, 0.1) is 18.0 Å². The average molecular weight is 434 g/mol. The Labute approximate surface area is 187 Å². The third-order valence-electron chi connectivity index (χ3n) is 4.71. The minimum absolute atomic E-state index is 0.427. The third-order valence-corrected chi connectivity index (χ3v) is 4.71. The van der Waals surface area contributed by atoms with E-state index in [0.717, 1.165) is 32.9 Å². The second kappa shape index (κ2) is 11.1. The Kier molecular flexibility index (Phi) is 8.03. The highest BCUT2D eigenvalue weighted by Gasteiger charge is 2.41. The largest absolute Gasteiger partial charge is 0.935 e. The lowest BCUT2D eigenvalue weighted by Gasteiger charge is -2.02. The average Bonchev–Trinajstić information content (AvgIpc) is 3.56. The van der Waals surface area contributed by atoms with Gasteiger partial charge in [0.2, 0.25) is 0 Å². The molecule has 7 heteroatoms. The van der Waals surface area contributed by atoms with E-state index < -0.39 is 7.40 Å². The van der Waals surface area contributed by atoms with Crippen LogP contribution in [0.4, 0.5) is 8.63 Å². The molecule has 0 radical (unpaired) electrons. The minimum atomic E-state index is -2.65. The van der Waals surface area contributed by atoms with Gasteiger partial charge in [-0.2, -0.15) is 0 Å². The molecule has 164 valence electrons. The molecule has 1 aliphatic heterocycles. The zero-order valence-corrected chi connectivity index (χ0v) is 18.5. The summed E-state index contributed by atoms with van der Waals surface area (Å²) in [5.41, 5.74) is 4.36. The van der Waals surface area contributed by atoms with Crippen molar-refractivity contribution in [2.45, 2.75) is 20.8 Å². The summed E-state index contributed by atoms with van der Waals surface area (Å²) in [6.45, 7) is 6.53. The van der Waals surface area contributed by atoms with Crippen LogP contribution in [0, 0.1) is 0 Å². The van der Waals surface area contributed by atoms with Crippen molar-refractivity contribution in [1.82, 2.24) is 9.97 Å². The molecule has 0 saturated heterocycles. The number of nitrogens with zero attached hydrogens (tertiary/aromatic N) is 1. The topological polar surface area (TPSA) is 43.8 Å². The van der Waals surface area contributed by atoms with Gasteiger partial charge in [-0.1, -0.05) is 26.0 Å². The molecule has 3 heterocycles. The SMILES string of the molecule is CC.CCOc1ccc(/C=C/C2=[N+](B(F)F)C(=C\c3ccc(-c4ccc[nH]4)[nH]3)/C=C2)cc1. The lowest BCUT2D eigenvalue weighted by Crippen LogP contribution is -2.23. The molecule has 2 N–H and O–H groups in total. The first-order chi connectivity index (χ1) is 15.6. The van der Waals surface area contributed by atoms with Crippen LogP contribution in [-0.4, -0.2) is 34.2 Å². The van der Waals surface area contributed by atoms with Crippen molar-refractivity contribution in [3.63, 3.8) is 0 Å². The van der Waals surface area contributed by atoms with Crippen LogP contribution in [0.25, 0.3) is 23.5 Å². The molecule has 4 rings (SSSR count). The lowest BCUT2D eigenvalue weighted by atomic mass is 10.1. The molecule has 0 fully saturated rings. The van der Waals surface area contributed by atoms with Crippen LogP contribution in [0.2, 0.25) is 0 Å². The molecule has 32 heavy (non-hydrogen) atoms. The summed E-state index contributed by atoms with van der Waals surface area (Å²) < 4.78 is 34.0. The van der Waals surface area contributed by atoms with Gasteiger partial charge in [0.25, 0.3) is 0 Å². The second-order valence-electron chi connectivity index (χ2n) is 6.72. The van der Waals surface area contributed by atoms with Gasteiger partial charge in [0.1, 0.15) is 5.75 Å².